The van der Waals surface area contributed by atoms with Gasteiger partial charge in [-0.2, -0.15) is 0 Å². The molecule has 0 radical (unpaired) electrons. The van der Waals surface area contributed by atoms with Crippen molar-refractivity contribution in [2.24, 2.45) is 0 Å². The van der Waals surface area contributed by atoms with E-state index in [1.165, 1.54) is 24.0 Å². The van der Waals surface area contributed by atoms with Crippen LogP contribution >= 0.6 is 0 Å². The van der Waals surface area contributed by atoms with Crippen LogP contribution in [0.2, 0.25) is 0 Å². The summed E-state index contributed by atoms with van der Waals surface area (Å²) < 4.78 is 5.42. The van der Waals surface area contributed by atoms with Crippen LogP contribution < -0.4 is 5.32 Å². The molecule has 1 aromatic carbocycles. The van der Waals surface area contributed by atoms with Crippen LogP contribution in [0, 0.1) is 6.92 Å². The zero-order valence-electron chi connectivity index (χ0n) is 12.8. The molecule has 112 valence electrons. The predicted molar refractivity (Wildman–Crippen MR) is 82.7 cm³/mol. The lowest BCUT2D eigenvalue weighted by atomic mass is 10.1. The number of hydrogen-bond acceptors (Lipinski definition) is 4. The predicted octanol–water partition coefficient (Wildman–Crippen LogP) is 2.87. The largest absolute Gasteiger partial charge is 0.360 e. The second-order valence-electron chi connectivity index (χ2n) is 6.04. The van der Waals surface area contributed by atoms with E-state index in [-0.39, 0.29) is 0 Å². The van der Waals surface area contributed by atoms with E-state index in [0.717, 1.165) is 31.1 Å². The third-order valence-corrected chi connectivity index (χ3v) is 3.88. The molecule has 0 amide bonds. The SMILES string of the molecule is Cc1ccccc1CN(C)Cc1cc(CNC2CC2)no1. The first-order valence-corrected chi connectivity index (χ1v) is 7.61. The molecule has 1 N–H and O–H groups in total. The Morgan fingerprint density at radius 1 is 1.29 bits per heavy atom. The first-order chi connectivity index (χ1) is 10.2. The Labute approximate surface area is 126 Å². The summed E-state index contributed by atoms with van der Waals surface area (Å²) in [6.45, 7) is 4.67. The van der Waals surface area contributed by atoms with Crippen LogP contribution in [0.1, 0.15) is 35.4 Å². The minimum Gasteiger partial charge on any atom is -0.360 e. The van der Waals surface area contributed by atoms with Gasteiger partial charge < -0.3 is 9.84 Å². The Morgan fingerprint density at radius 2 is 2.10 bits per heavy atom. The number of nitrogens with one attached hydrogen (secondary N) is 1. The molecule has 0 unspecified atom stereocenters. The van der Waals surface area contributed by atoms with E-state index < -0.39 is 0 Å². The van der Waals surface area contributed by atoms with Crippen molar-refractivity contribution in [1.82, 2.24) is 15.4 Å². The molecule has 0 saturated heterocycles. The molecule has 0 bridgehead atoms. The van der Waals surface area contributed by atoms with Crippen LogP contribution in [0.3, 0.4) is 0 Å². The molecule has 0 atom stereocenters. The Kier molecular flexibility index (Phi) is 4.36. The van der Waals surface area contributed by atoms with Gasteiger partial charge in [0.2, 0.25) is 0 Å². The van der Waals surface area contributed by atoms with E-state index >= 15 is 0 Å². The molecule has 3 rings (SSSR count). The van der Waals surface area contributed by atoms with E-state index in [0.29, 0.717) is 6.04 Å². The molecule has 4 heteroatoms. The average molecular weight is 285 g/mol. The molecular weight excluding hydrogens is 262 g/mol. The molecule has 1 aromatic heterocycles. The molecule has 1 aliphatic carbocycles. The van der Waals surface area contributed by atoms with Gasteiger partial charge in [-0.1, -0.05) is 29.4 Å². The number of nitrogens with zero attached hydrogens (tertiary/aromatic N) is 2. The van der Waals surface area contributed by atoms with Gasteiger partial charge in [0.25, 0.3) is 0 Å². The number of aryl methyl sites for hydroxylation is 1. The third-order valence-electron chi connectivity index (χ3n) is 3.88. The summed E-state index contributed by atoms with van der Waals surface area (Å²) in [6, 6.07) is 11.3. The summed E-state index contributed by atoms with van der Waals surface area (Å²) in [5, 5.41) is 7.58. The smallest absolute Gasteiger partial charge is 0.151 e. The van der Waals surface area contributed by atoms with Crippen molar-refractivity contribution in [3.8, 4) is 0 Å². The lowest BCUT2D eigenvalue weighted by Gasteiger charge is -2.16. The van der Waals surface area contributed by atoms with Crippen molar-refractivity contribution in [2.75, 3.05) is 7.05 Å². The van der Waals surface area contributed by atoms with Gasteiger partial charge in [0.05, 0.1) is 12.2 Å². The molecule has 21 heavy (non-hydrogen) atoms. The van der Waals surface area contributed by atoms with Gasteiger partial charge >= 0.3 is 0 Å². The lowest BCUT2D eigenvalue weighted by molar-refractivity contribution is 0.265. The molecule has 1 aliphatic rings. The molecule has 1 saturated carbocycles. The summed E-state index contributed by atoms with van der Waals surface area (Å²) in [6.07, 6.45) is 2.59. The van der Waals surface area contributed by atoms with Crippen molar-refractivity contribution >= 4 is 0 Å². The van der Waals surface area contributed by atoms with E-state index in [2.05, 4.69) is 59.7 Å². The molecule has 0 spiro atoms. The van der Waals surface area contributed by atoms with Gasteiger partial charge in [0.15, 0.2) is 5.76 Å². The highest BCUT2D eigenvalue weighted by Gasteiger charge is 2.20. The minimum absolute atomic E-state index is 0.703. The fourth-order valence-corrected chi connectivity index (χ4v) is 2.45. The molecule has 2 aromatic rings. The van der Waals surface area contributed by atoms with E-state index in [1.54, 1.807) is 0 Å². The summed E-state index contributed by atoms with van der Waals surface area (Å²) in [7, 11) is 2.11. The van der Waals surface area contributed by atoms with Gasteiger partial charge in [-0.3, -0.25) is 4.90 Å². The van der Waals surface area contributed by atoms with Crippen LogP contribution in [-0.4, -0.2) is 23.1 Å². The lowest BCUT2D eigenvalue weighted by Crippen LogP contribution is -2.17. The van der Waals surface area contributed by atoms with Gasteiger partial charge in [-0.25, -0.2) is 0 Å². The fourth-order valence-electron chi connectivity index (χ4n) is 2.45. The topological polar surface area (TPSA) is 41.3 Å². The first kappa shape index (κ1) is 14.3. The van der Waals surface area contributed by atoms with E-state index in [4.69, 9.17) is 4.52 Å². The molecular formula is C17H23N3O. The highest BCUT2D eigenvalue weighted by Crippen LogP contribution is 2.19. The summed E-state index contributed by atoms with van der Waals surface area (Å²) >= 11 is 0. The van der Waals surface area contributed by atoms with Gasteiger partial charge in [0.1, 0.15) is 0 Å². The van der Waals surface area contributed by atoms with Gasteiger partial charge in [0, 0.05) is 25.2 Å². The molecule has 4 nitrogen and oxygen atoms in total. The second kappa shape index (κ2) is 6.41. The molecule has 1 heterocycles. The third kappa shape index (κ3) is 4.16. The normalized spacial score (nSPS) is 14.8. The summed E-state index contributed by atoms with van der Waals surface area (Å²) in [5.74, 6) is 0.929. The highest BCUT2D eigenvalue weighted by molar-refractivity contribution is 5.25. The van der Waals surface area contributed by atoms with Crippen LogP contribution in [0.25, 0.3) is 0 Å². The van der Waals surface area contributed by atoms with Crippen molar-refractivity contribution in [3.63, 3.8) is 0 Å². The fraction of sp³-hybridized carbons (Fsp3) is 0.471. The van der Waals surface area contributed by atoms with Crippen LogP contribution in [0.15, 0.2) is 34.9 Å². The highest BCUT2D eigenvalue weighted by atomic mass is 16.5. The van der Waals surface area contributed by atoms with Crippen molar-refractivity contribution in [3.05, 3.63) is 52.9 Å². The standard InChI is InChI=1S/C17H23N3O/c1-13-5-3-4-6-14(13)11-20(2)12-17-9-16(19-21-17)10-18-15-7-8-15/h3-6,9,15,18H,7-8,10-12H2,1-2H3. The van der Waals surface area contributed by atoms with Crippen molar-refractivity contribution in [2.45, 2.75) is 45.4 Å². The Balaban J connectivity index is 1.52. The molecule has 1 fully saturated rings. The number of hydrogen-bond donors (Lipinski definition) is 1. The van der Waals surface area contributed by atoms with Crippen LogP contribution in [0.4, 0.5) is 0 Å². The average Bonchev–Trinajstić information content (AvgIpc) is 3.19. The maximum atomic E-state index is 5.42. The molecule has 0 aliphatic heterocycles. The maximum Gasteiger partial charge on any atom is 0.151 e. The summed E-state index contributed by atoms with van der Waals surface area (Å²) in [5.41, 5.74) is 3.69. The number of rotatable bonds is 7. The van der Waals surface area contributed by atoms with Gasteiger partial charge in [-0.15, -0.1) is 0 Å². The van der Waals surface area contributed by atoms with E-state index in [9.17, 15) is 0 Å². The van der Waals surface area contributed by atoms with E-state index in [1.807, 2.05) is 0 Å². The Hall–Kier alpha value is -1.65. The zero-order valence-corrected chi connectivity index (χ0v) is 12.8. The first-order valence-electron chi connectivity index (χ1n) is 7.61. The Bertz CT molecular complexity index is 589. The minimum atomic E-state index is 0.703. The van der Waals surface area contributed by atoms with Crippen molar-refractivity contribution < 1.29 is 4.52 Å². The monoisotopic (exact) mass is 285 g/mol. The van der Waals surface area contributed by atoms with Crippen LogP contribution in [-0.2, 0) is 19.6 Å². The Morgan fingerprint density at radius 3 is 2.86 bits per heavy atom. The zero-order chi connectivity index (χ0) is 14.7. The van der Waals surface area contributed by atoms with Gasteiger partial charge in [-0.05, 0) is 37.9 Å². The maximum absolute atomic E-state index is 5.42. The number of benzene rings is 1. The number of aromatic nitrogens is 1. The van der Waals surface area contributed by atoms with Crippen LogP contribution in [0.5, 0.6) is 0 Å². The quantitative estimate of drug-likeness (QED) is 0.849. The van der Waals surface area contributed by atoms with Crippen molar-refractivity contribution in [1.29, 1.82) is 0 Å². The summed E-state index contributed by atoms with van der Waals surface area (Å²) in [4.78, 5) is 2.25. The second-order valence-corrected chi connectivity index (χ2v) is 6.04.